The van der Waals surface area contributed by atoms with Crippen molar-refractivity contribution in [1.82, 2.24) is 4.57 Å². The summed E-state index contributed by atoms with van der Waals surface area (Å²) in [4.78, 5) is 0. The molecule has 0 aliphatic heterocycles. The first-order chi connectivity index (χ1) is 16.4. The lowest BCUT2D eigenvalue weighted by molar-refractivity contribution is 1.19. The van der Waals surface area contributed by atoms with Gasteiger partial charge in [-0.15, -0.1) is 0 Å². The van der Waals surface area contributed by atoms with Crippen LogP contribution in [-0.4, -0.2) is 4.57 Å². The number of aromatic nitrogens is 1. The second kappa shape index (κ2) is 7.08. The van der Waals surface area contributed by atoms with Gasteiger partial charge in [0.05, 0.1) is 11.0 Å². The Balaban J connectivity index is 1.49. The molecule has 0 amide bonds. The molecular weight excluding hydrogens is 398 g/mol. The molecule has 0 fully saturated rings. The molecule has 0 saturated carbocycles. The second-order valence-electron chi connectivity index (χ2n) is 8.61. The molecule has 0 atom stereocenters. The lowest BCUT2D eigenvalue weighted by atomic mass is 9.98. The smallest absolute Gasteiger partial charge is 0.0619 e. The van der Waals surface area contributed by atoms with Crippen molar-refractivity contribution in [3.63, 3.8) is 0 Å². The van der Waals surface area contributed by atoms with E-state index in [2.05, 4.69) is 132 Å². The van der Waals surface area contributed by atoms with Crippen LogP contribution in [0.15, 0.2) is 127 Å². The van der Waals surface area contributed by atoms with Crippen LogP contribution in [-0.2, 0) is 0 Å². The molecule has 1 heteroatoms. The van der Waals surface area contributed by atoms with Gasteiger partial charge in [-0.1, -0.05) is 109 Å². The first-order valence-corrected chi connectivity index (χ1v) is 11.4. The summed E-state index contributed by atoms with van der Waals surface area (Å²) in [6.07, 6.45) is 0. The Hall–Kier alpha value is -4.36. The number of hydrogen-bond acceptors (Lipinski definition) is 0. The van der Waals surface area contributed by atoms with Crippen molar-refractivity contribution in [3.05, 3.63) is 127 Å². The maximum atomic E-state index is 2.42. The van der Waals surface area contributed by atoms with Gasteiger partial charge >= 0.3 is 0 Å². The lowest BCUT2D eigenvalue weighted by Gasteiger charge is -2.12. The van der Waals surface area contributed by atoms with Crippen molar-refractivity contribution in [3.8, 4) is 16.8 Å². The minimum Gasteiger partial charge on any atom is -0.309 e. The molecule has 0 saturated heterocycles. The molecule has 0 unspecified atom stereocenters. The minimum absolute atomic E-state index is 1.18. The highest BCUT2D eigenvalue weighted by molar-refractivity contribution is 6.18. The van der Waals surface area contributed by atoms with Gasteiger partial charge < -0.3 is 4.57 Å². The zero-order chi connectivity index (χ0) is 21.8. The summed E-state index contributed by atoms with van der Waals surface area (Å²) in [6.45, 7) is 0. The van der Waals surface area contributed by atoms with E-state index in [1.807, 2.05) is 0 Å². The SMILES string of the molecule is c1ccc2c(-c3ccc(-n4c5ccccc5c5ccc6ccccc6c54)cc3)cccc2c1. The molecule has 0 spiro atoms. The van der Waals surface area contributed by atoms with E-state index in [4.69, 9.17) is 0 Å². The van der Waals surface area contributed by atoms with Crippen LogP contribution < -0.4 is 0 Å². The van der Waals surface area contributed by atoms with E-state index in [-0.39, 0.29) is 0 Å². The van der Waals surface area contributed by atoms with Gasteiger partial charge in [0.1, 0.15) is 0 Å². The Kier molecular flexibility index (Phi) is 3.91. The van der Waals surface area contributed by atoms with Gasteiger partial charge in [-0.05, 0) is 45.5 Å². The highest BCUT2D eigenvalue weighted by Gasteiger charge is 2.14. The molecule has 154 valence electrons. The third-order valence-electron chi connectivity index (χ3n) is 6.79. The van der Waals surface area contributed by atoms with Gasteiger partial charge in [0.2, 0.25) is 0 Å². The van der Waals surface area contributed by atoms with E-state index in [0.29, 0.717) is 0 Å². The summed E-state index contributed by atoms with van der Waals surface area (Å²) in [5.74, 6) is 0. The Morgan fingerprint density at radius 2 is 1.03 bits per heavy atom. The van der Waals surface area contributed by atoms with Crippen LogP contribution in [0.5, 0.6) is 0 Å². The fourth-order valence-corrected chi connectivity index (χ4v) is 5.27. The second-order valence-corrected chi connectivity index (χ2v) is 8.61. The largest absolute Gasteiger partial charge is 0.309 e. The van der Waals surface area contributed by atoms with Gasteiger partial charge in [-0.2, -0.15) is 0 Å². The molecule has 7 rings (SSSR count). The lowest BCUT2D eigenvalue weighted by Crippen LogP contribution is -1.94. The topological polar surface area (TPSA) is 4.93 Å². The molecule has 6 aromatic carbocycles. The van der Waals surface area contributed by atoms with Crippen LogP contribution in [0.1, 0.15) is 0 Å². The van der Waals surface area contributed by atoms with E-state index in [1.54, 1.807) is 0 Å². The third kappa shape index (κ3) is 2.73. The van der Waals surface area contributed by atoms with Crippen molar-refractivity contribution in [2.75, 3.05) is 0 Å². The molecule has 7 aromatic rings. The number of fused-ring (bicyclic) bond motifs is 6. The van der Waals surface area contributed by atoms with Gasteiger partial charge in [-0.3, -0.25) is 0 Å². The van der Waals surface area contributed by atoms with Crippen LogP contribution >= 0.6 is 0 Å². The molecule has 0 N–H and O–H groups in total. The zero-order valence-electron chi connectivity index (χ0n) is 18.1. The first-order valence-electron chi connectivity index (χ1n) is 11.4. The maximum absolute atomic E-state index is 2.42. The van der Waals surface area contributed by atoms with Gasteiger partial charge in [-0.25, -0.2) is 0 Å². The molecule has 1 aromatic heterocycles. The Bertz CT molecular complexity index is 1800. The van der Waals surface area contributed by atoms with Crippen LogP contribution in [0.2, 0.25) is 0 Å². The third-order valence-corrected chi connectivity index (χ3v) is 6.79. The number of benzene rings is 6. The standard InChI is InChI=1S/C32H21N/c1-3-11-26-22(8-1)10-7-14-27(26)24-16-19-25(20-17-24)33-31-15-6-5-13-29(31)30-21-18-23-9-2-4-12-28(23)32(30)33/h1-21H. The van der Waals surface area contributed by atoms with Crippen molar-refractivity contribution >= 4 is 43.4 Å². The molecule has 33 heavy (non-hydrogen) atoms. The Labute approximate surface area is 192 Å². The fraction of sp³-hybridized carbons (Fsp3) is 0. The predicted molar refractivity (Wildman–Crippen MR) is 141 cm³/mol. The van der Waals surface area contributed by atoms with Gasteiger partial charge in [0.25, 0.3) is 0 Å². The van der Waals surface area contributed by atoms with Crippen molar-refractivity contribution in [2.24, 2.45) is 0 Å². The zero-order valence-corrected chi connectivity index (χ0v) is 18.1. The summed E-state index contributed by atoms with van der Waals surface area (Å²) in [6, 6.07) is 46.0. The van der Waals surface area contributed by atoms with Crippen molar-refractivity contribution in [2.45, 2.75) is 0 Å². The van der Waals surface area contributed by atoms with Crippen LogP contribution in [0.25, 0.3) is 60.2 Å². The number of hydrogen-bond donors (Lipinski definition) is 0. The quantitative estimate of drug-likeness (QED) is 0.264. The van der Waals surface area contributed by atoms with Crippen molar-refractivity contribution in [1.29, 1.82) is 0 Å². The number of nitrogens with zero attached hydrogens (tertiary/aromatic N) is 1. The summed E-state index contributed by atoms with van der Waals surface area (Å²) < 4.78 is 2.42. The number of rotatable bonds is 2. The molecular formula is C32H21N. The Morgan fingerprint density at radius 1 is 0.394 bits per heavy atom. The summed E-state index contributed by atoms with van der Waals surface area (Å²) >= 11 is 0. The number of para-hydroxylation sites is 1. The first kappa shape index (κ1) is 18.2. The fourth-order valence-electron chi connectivity index (χ4n) is 5.27. The molecule has 0 bridgehead atoms. The highest BCUT2D eigenvalue weighted by Crippen LogP contribution is 2.37. The predicted octanol–water partition coefficient (Wildman–Crippen LogP) is 8.76. The average molecular weight is 420 g/mol. The van der Waals surface area contributed by atoms with E-state index in [0.717, 1.165) is 0 Å². The molecule has 0 aliphatic carbocycles. The van der Waals surface area contributed by atoms with Crippen LogP contribution in [0, 0.1) is 0 Å². The molecule has 0 radical (unpaired) electrons. The average Bonchev–Trinajstić information content (AvgIpc) is 3.23. The van der Waals surface area contributed by atoms with E-state index < -0.39 is 0 Å². The highest BCUT2D eigenvalue weighted by atomic mass is 15.0. The summed E-state index contributed by atoms with van der Waals surface area (Å²) in [5.41, 5.74) is 6.20. The molecule has 1 nitrogen and oxygen atoms in total. The molecule has 1 heterocycles. The van der Waals surface area contributed by atoms with E-state index in [9.17, 15) is 0 Å². The normalized spacial score (nSPS) is 11.6. The minimum atomic E-state index is 1.18. The monoisotopic (exact) mass is 419 g/mol. The Morgan fingerprint density at radius 3 is 1.85 bits per heavy atom. The van der Waals surface area contributed by atoms with E-state index >= 15 is 0 Å². The van der Waals surface area contributed by atoms with Crippen LogP contribution in [0.3, 0.4) is 0 Å². The summed E-state index contributed by atoms with van der Waals surface area (Å²) in [7, 11) is 0. The van der Waals surface area contributed by atoms with Gasteiger partial charge in [0, 0.05) is 21.8 Å². The van der Waals surface area contributed by atoms with Crippen LogP contribution in [0.4, 0.5) is 0 Å². The summed E-state index contributed by atoms with van der Waals surface area (Å²) in [5, 5.41) is 7.69. The van der Waals surface area contributed by atoms with Gasteiger partial charge in [0.15, 0.2) is 0 Å². The van der Waals surface area contributed by atoms with E-state index in [1.165, 1.54) is 60.2 Å². The molecule has 0 aliphatic rings. The maximum Gasteiger partial charge on any atom is 0.0619 e. The van der Waals surface area contributed by atoms with Crippen molar-refractivity contribution < 1.29 is 0 Å².